The third-order valence-electron chi connectivity index (χ3n) is 4.02. The number of ketones is 1. The lowest BCUT2D eigenvalue weighted by Crippen LogP contribution is -2.48. The molecule has 1 fully saturated rings. The molecule has 2 atom stereocenters. The van der Waals surface area contributed by atoms with Crippen molar-refractivity contribution in [2.45, 2.75) is 52.2 Å². The van der Waals surface area contributed by atoms with Gasteiger partial charge in [-0.1, -0.05) is 31.2 Å². The molecule has 1 amide bonds. The number of Topliss-reactive ketones (excluding diaryl/α,β-unsaturated/α-hetero) is 1. The highest BCUT2D eigenvalue weighted by Crippen LogP contribution is 2.14. The second-order valence-electron chi connectivity index (χ2n) is 6.03. The van der Waals surface area contributed by atoms with Crippen LogP contribution < -0.4 is 0 Å². The number of nitrogens with zero attached hydrogens (tertiary/aromatic N) is 1. The van der Waals surface area contributed by atoms with Crippen LogP contribution in [0.4, 0.5) is 0 Å². The van der Waals surface area contributed by atoms with Crippen molar-refractivity contribution in [2.24, 2.45) is 0 Å². The van der Waals surface area contributed by atoms with Crippen molar-refractivity contribution in [1.82, 2.24) is 4.90 Å². The van der Waals surface area contributed by atoms with Crippen LogP contribution in [0.25, 0.3) is 0 Å². The summed E-state index contributed by atoms with van der Waals surface area (Å²) < 4.78 is 5.62. The maximum Gasteiger partial charge on any atom is 0.223 e. The lowest BCUT2D eigenvalue weighted by Gasteiger charge is -2.35. The van der Waals surface area contributed by atoms with Gasteiger partial charge < -0.3 is 9.64 Å². The van der Waals surface area contributed by atoms with Crippen LogP contribution in [0.2, 0.25) is 0 Å². The van der Waals surface area contributed by atoms with E-state index in [9.17, 15) is 9.59 Å². The Morgan fingerprint density at radius 2 is 1.68 bits per heavy atom. The summed E-state index contributed by atoms with van der Waals surface area (Å²) in [5.74, 6) is 0.0749. The Hall–Kier alpha value is -1.68. The minimum Gasteiger partial charge on any atom is -0.372 e. The molecule has 4 heteroatoms. The average Bonchev–Trinajstić information content (AvgIpc) is 2.51. The van der Waals surface area contributed by atoms with Gasteiger partial charge in [0.1, 0.15) is 0 Å². The molecule has 2 unspecified atom stereocenters. The van der Waals surface area contributed by atoms with Gasteiger partial charge in [0.05, 0.1) is 12.2 Å². The smallest absolute Gasteiger partial charge is 0.223 e. The lowest BCUT2D eigenvalue weighted by atomic mass is 10.0. The molecule has 120 valence electrons. The number of ether oxygens (including phenoxy) is 1. The first-order chi connectivity index (χ1) is 10.5. The molecule has 4 nitrogen and oxygen atoms in total. The first kappa shape index (κ1) is 16.7. The van der Waals surface area contributed by atoms with Crippen LogP contribution in [0.5, 0.6) is 0 Å². The fraction of sp³-hybridized carbons (Fsp3) is 0.556. The van der Waals surface area contributed by atoms with E-state index in [1.165, 1.54) is 5.56 Å². The average molecular weight is 303 g/mol. The summed E-state index contributed by atoms with van der Waals surface area (Å²) in [6, 6.07) is 7.65. The summed E-state index contributed by atoms with van der Waals surface area (Å²) in [6.45, 7) is 7.25. The zero-order chi connectivity index (χ0) is 16.1. The van der Waals surface area contributed by atoms with Crippen LogP contribution in [0.15, 0.2) is 24.3 Å². The van der Waals surface area contributed by atoms with Crippen molar-refractivity contribution in [2.75, 3.05) is 13.1 Å². The normalized spacial score (nSPS) is 21.7. The van der Waals surface area contributed by atoms with Crippen LogP contribution in [-0.4, -0.2) is 41.9 Å². The second-order valence-corrected chi connectivity index (χ2v) is 6.03. The SMILES string of the molecule is CCc1ccc(C(=O)CCC(=O)N2CC(C)OC(C)C2)cc1. The molecular weight excluding hydrogens is 278 g/mol. The van der Waals surface area contributed by atoms with Crippen molar-refractivity contribution in [1.29, 1.82) is 0 Å². The Morgan fingerprint density at radius 1 is 1.09 bits per heavy atom. The van der Waals surface area contributed by atoms with E-state index in [0.29, 0.717) is 18.7 Å². The van der Waals surface area contributed by atoms with Gasteiger partial charge in [0.2, 0.25) is 5.91 Å². The molecule has 0 N–H and O–H groups in total. The van der Waals surface area contributed by atoms with E-state index in [2.05, 4.69) is 6.92 Å². The van der Waals surface area contributed by atoms with Crippen molar-refractivity contribution < 1.29 is 14.3 Å². The van der Waals surface area contributed by atoms with Crippen molar-refractivity contribution in [3.8, 4) is 0 Å². The van der Waals surface area contributed by atoms with Gasteiger partial charge in [-0.05, 0) is 25.8 Å². The van der Waals surface area contributed by atoms with Gasteiger partial charge in [-0.2, -0.15) is 0 Å². The summed E-state index contributed by atoms with van der Waals surface area (Å²) in [5, 5.41) is 0. The van der Waals surface area contributed by atoms with Crippen molar-refractivity contribution in [3.05, 3.63) is 35.4 Å². The number of rotatable bonds is 5. The van der Waals surface area contributed by atoms with Crippen LogP contribution in [0.1, 0.15) is 49.5 Å². The third-order valence-corrected chi connectivity index (χ3v) is 4.02. The summed E-state index contributed by atoms with van der Waals surface area (Å²) in [6.07, 6.45) is 1.62. The number of amides is 1. The number of benzene rings is 1. The third kappa shape index (κ3) is 4.41. The molecule has 0 saturated carbocycles. The van der Waals surface area contributed by atoms with Gasteiger partial charge in [0, 0.05) is 31.5 Å². The standard InChI is InChI=1S/C18H25NO3/c1-4-15-5-7-16(8-6-15)17(20)9-10-18(21)19-11-13(2)22-14(3)12-19/h5-8,13-14H,4,9-12H2,1-3H3. The lowest BCUT2D eigenvalue weighted by molar-refractivity contribution is -0.143. The molecule has 0 radical (unpaired) electrons. The van der Waals surface area contributed by atoms with Gasteiger partial charge in [0.25, 0.3) is 0 Å². The number of hydrogen-bond donors (Lipinski definition) is 0. The predicted octanol–water partition coefficient (Wildman–Crippen LogP) is 2.85. The fourth-order valence-electron chi connectivity index (χ4n) is 2.83. The van der Waals surface area contributed by atoms with E-state index >= 15 is 0 Å². The van der Waals surface area contributed by atoms with E-state index in [1.54, 1.807) is 0 Å². The number of carbonyl (C=O) groups excluding carboxylic acids is 2. The Balaban J connectivity index is 1.85. The van der Waals surface area contributed by atoms with Gasteiger partial charge >= 0.3 is 0 Å². The van der Waals surface area contributed by atoms with Gasteiger partial charge in [-0.15, -0.1) is 0 Å². The molecule has 0 spiro atoms. The largest absolute Gasteiger partial charge is 0.372 e. The van der Waals surface area contributed by atoms with Crippen molar-refractivity contribution >= 4 is 11.7 Å². The van der Waals surface area contributed by atoms with Crippen LogP contribution in [-0.2, 0) is 16.0 Å². The summed E-state index contributed by atoms with van der Waals surface area (Å²) in [4.78, 5) is 26.2. The fourth-order valence-corrected chi connectivity index (χ4v) is 2.83. The van der Waals surface area contributed by atoms with E-state index in [-0.39, 0.29) is 36.7 Å². The summed E-state index contributed by atoms with van der Waals surface area (Å²) >= 11 is 0. The van der Waals surface area contributed by atoms with E-state index in [4.69, 9.17) is 4.74 Å². The number of hydrogen-bond acceptors (Lipinski definition) is 3. The molecule has 1 heterocycles. The minimum absolute atomic E-state index is 0.0327. The molecule has 0 aromatic heterocycles. The molecule has 0 bridgehead atoms. The van der Waals surface area contributed by atoms with E-state index < -0.39 is 0 Å². The summed E-state index contributed by atoms with van der Waals surface area (Å²) in [7, 11) is 0. The van der Waals surface area contributed by atoms with Crippen LogP contribution >= 0.6 is 0 Å². The number of aryl methyl sites for hydroxylation is 1. The molecule has 1 aromatic carbocycles. The quantitative estimate of drug-likeness (QED) is 0.786. The molecule has 2 rings (SSSR count). The molecule has 0 aliphatic carbocycles. The highest BCUT2D eigenvalue weighted by molar-refractivity contribution is 5.98. The zero-order valence-electron chi connectivity index (χ0n) is 13.7. The molecule has 1 aliphatic heterocycles. The first-order valence-corrected chi connectivity index (χ1v) is 8.05. The van der Waals surface area contributed by atoms with Gasteiger partial charge in [0.15, 0.2) is 5.78 Å². The molecular formula is C18H25NO3. The summed E-state index contributed by atoms with van der Waals surface area (Å²) in [5.41, 5.74) is 1.90. The Labute approximate surface area is 132 Å². The van der Waals surface area contributed by atoms with Crippen LogP contribution in [0, 0.1) is 0 Å². The second kappa shape index (κ2) is 7.54. The first-order valence-electron chi connectivity index (χ1n) is 8.05. The Morgan fingerprint density at radius 3 is 2.23 bits per heavy atom. The maximum atomic E-state index is 12.2. The number of morpholine rings is 1. The van der Waals surface area contributed by atoms with E-state index in [0.717, 1.165) is 6.42 Å². The molecule has 1 aromatic rings. The topological polar surface area (TPSA) is 46.6 Å². The van der Waals surface area contributed by atoms with Crippen molar-refractivity contribution in [3.63, 3.8) is 0 Å². The zero-order valence-corrected chi connectivity index (χ0v) is 13.7. The molecule has 22 heavy (non-hydrogen) atoms. The number of carbonyl (C=O) groups is 2. The monoisotopic (exact) mass is 303 g/mol. The minimum atomic E-state index is 0.0327. The molecule has 1 saturated heterocycles. The van der Waals surface area contributed by atoms with Gasteiger partial charge in [-0.25, -0.2) is 0 Å². The van der Waals surface area contributed by atoms with Gasteiger partial charge in [-0.3, -0.25) is 9.59 Å². The predicted molar refractivity (Wildman–Crippen MR) is 86.0 cm³/mol. The van der Waals surface area contributed by atoms with E-state index in [1.807, 2.05) is 43.0 Å². The highest BCUT2D eigenvalue weighted by Gasteiger charge is 2.25. The highest BCUT2D eigenvalue weighted by atomic mass is 16.5. The molecule has 1 aliphatic rings. The Bertz CT molecular complexity index is 514. The van der Waals surface area contributed by atoms with Crippen LogP contribution in [0.3, 0.4) is 0 Å². The maximum absolute atomic E-state index is 12.2. The Kier molecular flexibility index (Phi) is 5.72.